The number of Topliss-reactive ketones (excluding diaryl/α,β-unsaturated/α-hetero) is 1. The van der Waals surface area contributed by atoms with Gasteiger partial charge in [-0.2, -0.15) is 4.98 Å². The van der Waals surface area contributed by atoms with E-state index in [-0.39, 0.29) is 37.9 Å². The van der Waals surface area contributed by atoms with Crippen LogP contribution >= 0.6 is 0 Å². The van der Waals surface area contributed by atoms with Crippen LogP contribution in [0.4, 0.5) is 16.1 Å². The van der Waals surface area contributed by atoms with E-state index >= 15 is 0 Å². The molecule has 0 spiro atoms. The molecule has 0 saturated carbocycles. The minimum absolute atomic E-state index is 0.121. The molecular formula is C27H32FN3O5. The molecule has 0 unspecified atom stereocenters. The Labute approximate surface area is 209 Å². The summed E-state index contributed by atoms with van der Waals surface area (Å²) in [5.74, 6) is -0.819. The largest absolute Gasteiger partial charge is 0.438 e. The highest BCUT2D eigenvalue weighted by atomic mass is 19.1. The van der Waals surface area contributed by atoms with Crippen molar-refractivity contribution < 1.29 is 27.9 Å². The van der Waals surface area contributed by atoms with Crippen molar-refractivity contribution >= 4 is 34.6 Å². The maximum Gasteiger partial charge on any atom is 0.310 e. The van der Waals surface area contributed by atoms with Crippen molar-refractivity contribution in [3.8, 4) is 0 Å². The van der Waals surface area contributed by atoms with Gasteiger partial charge in [0.2, 0.25) is 0 Å². The zero-order chi connectivity index (χ0) is 25.5. The molecule has 36 heavy (non-hydrogen) atoms. The van der Waals surface area contributed by atoms with Crippen LogP contribution in [0.1, 0.15) is 43.7 Å². The fraction of sp³-hybridized carbons (Fsp3) is 0.444. The summed E-state index contributed by atoms with van der Waals surface area (Å²) in [6.45, 7) is 4.06. The Morgan fingerprint density at radius 1 is 1.28 bits per heavy atom. The molecule has 0 amide bonds. The Morgan fingerprint density at radius 2 is 2.11 bits per heavy atom. The van der Waals surface area contributed by atoms with Crippen LogP contribution in [0, 0.1) is 6.92 Å². The Bertz CT molecular complexity index is 1190. The zero-order valence-corrected chi connectivity index (χ0v) is 20.6. The first kappa shape index (κ1) is 25.8. The number of hydrogen-bond donors (Lipinski definition) is 2. The first-order valence-electron chi connectivity index (χ1n) is 12.3. The maximum absolute atomic E-state index is 13.4. The molecule has 2 N–H and O–H groups in total. The summed E-state index contributed by atoms with van der Waals surface area (Å²) < 4.78 is 30.0. The molecule has 4 rings (SSSR count). The number of benzene rings is 2. The monoisotopic (exact) mass is 497 g/mol. The summed E-state index contributed by atoms with van der Waals surface area (Å²) in [5, 5.41) is 6.47. The number of esters is 1. The van der Waals surface area contributed by atoms with Crippen LogP contribution in [-0.4, -0.2) is 48.4 Å². The highest BCUT2D eigenvalue weighted by Crippen LogP contribution is 2.25. The Kier molecular flexibility index (Phi) is 8.66. The number of aromatic nitrogens is 1. The van der Waals surface area contributed by atoms with Gasteiger partial charge in [0.25, 0.3) is 6.01 Å². The normalized spacial score (nSPS) is 17.1. The third-order valence-electron chi connectivity index (χ3n) is 6.30. The molecule has 1 saturated heterocycles. The van der Waals surface area contributed by atoms with Crippen LogP contribution in [0.5, 0.6) is 0 Å². The summed E-state index contributed by atoms with van der Waals surface area (Å²) in [4.78, 5) is 29.4. The summed E-state index contributed by atoms with van der Waals surface area (Å²) in [5.41, 5.74) is 3.98. The lowest BCUT2D eigenvalue weighted by Gasteiger charge is -2.23. The third kappa shape index (κ3) is 6.67. The van der Waals surface area contributed by atoms with Crippen LogP contribution in [0.25, 0.3) is 11.1 Å². The number of anilines is 2. The number of halogens is 1. The molecule has 1 aliphatic rings. The average Bonchev–Trinajstić information content (AvgIpc) is 3.52. The number of oxazole rings is 1. The van der Waals surface area contributed by atoms with Crippen LogP contribution in [0.3, 0.4) is 0 Å². The molecule has 2 heterocycles. The van der Waals surface area contributed by atoms with E-state index in [0.29, 0.717) is 17.1 Å². The van der Waals surface area contributed by atoms with Crippen molar-refractivity contribution in [2.45, 2.75) is 64.3 Å². The number of rotatable bonds is 12. The number of para-hydroxylation sites is 1. The Hall–Kier alpha value is -3.30. The van der Waals surface area contributed by atoms with Gasteiger partial charge in [-0.15, -0.1) is 0 Å². The fourth-order valence-corrected chi connectivity index (χ4v) is 4.22. The van der Waals surface area contributed by atoms with Crippen LogP contribution in [0.15, 0.2) is 46.9 Å². The summed E-state index contributed by atoms with van der Waals surface area (Å²) in [6.07, 6.45) is -0.280. The lowest BCUT2D eigenvalue weighted by atomic mass is 9.99. The van der Waals surface area contributed by atoms with Gasteiger partial charge in [-0.05, 0) is 62.1 Å². The number of carbonyl (C=O) groups excluding carboxylic acids is 2. The molecule has 1 aliphatic heterocycles. The molecule has 192 valence electrons. The quantitative estimate of drug-likeness (QED) is 0.273. The minimum atomic E-state index is -1.25. The number of ether oxygens (including phenoxy) is 2. The fourth-order valence-electron chi connectivity index (χ4n) is 4.22. The molecule has 0 aliphatic carbocycles. The number of alkyl halides is 1. The lowest BCUT2D eigenvalue weighted by molar-refractivity contribution is -0.167. The van der Waals surface area contributed by atoms with E-state index in [2.05, 4.69) is 15.6 Å². The van der Waals surface area contributed by atoms with Crippen molar-refractivity contribution in [2.75, 3.05) is 18.7 Å². The number of fused-ring (bicyclic) bond motifs is 1. The molecule has 9 heteroatoms. The molecular weight excluding hydrogens is 465 g/mol. The topological polar surface area (TPSA) is 103 Å². The highest BCUT2D eigenvalue weighted by molar-refractivity contribution is 5.87. The van der Waals surface area contributed by atoms with E-state index in [4.69, 9.17) is 13.9 Å². The zero-order valence-electron chi connectivity index (χ0n) is 20.6. The number of nitrogens with one attached hydrogen (secondary N) is 2. The Morgan fingerprint density at radius 3 is 2.86 bits per heavy atom. The predicted octanol–water partition coefficient (Wildman–Crippen LogP) is 4.77. The van der Waals surface area contributed by atoms with Gasteiger partial charge in [0.1, 0.15) is 17.8 Å². The van der Waals surface area contributed by atoms with E-state index in [1.54, 1.807) is 13.0 Å². The van der Waals surface area contributed by atoms with E-state index in [9.17, 15) is 14.0 Å². The molecule has 1 aromatic heterocycles. The van der Waals surface area contributed by atoms with E-state index in [1.807, 2.05) is 43.3 Å². The van der Waals surface area contributed by atoms with E-state index in [0.717, 1.165) is 36.2 Å². The molecule has 8 nitrogen and oxygen atoms in total. The second kappa shape index (κ2) is 12.1. The molecule has 1 fully saturated rings. The van der Waals surface area contributed by atoms with Gasteiger partial charge in [0.05, 0.1) is 6.42 Å². The number of ketones is 1. The number of aryl methyl sites for hydroxylation is 1. The van der Waals surface area contributed by atoms with E-state index in [1.165, 1.54) is 0 Å². The average molecular weight is 498 g/mol. The number of hydrogen-bond acceptors (Lipinski definition) is 8. The summed E-state index contributed by atoms with van der Waals surface area (Å²) in [6, 6.07) is 13.5. The maximum atomic E-state index is 13.4. The van der Waals surface area contributed by atoms with Gasteiger partial charge in [-0.1, -0.05) is 31.2 Å². The van der Waals surface area contributed by atoms with E-state index < -0.39 is 18.2 Å². The van der Waals surface area contributed by atoms with Crippen LogP contribution in [-0.2, 0) is 25.5 Å². The molecule has 0 radical (unpaired) electrons. The van der Waals surface area contributed by atoms with Gasteiger partial charge < -0.3 is 24.5 Å². The molecule has 2 aromatic carbocycles. The van der Waals surface area contributed by atoms with Crippen molar-refractivity contribution in [3.05, 3.63) is 53.6 Å². The van der Waals surface area contributed by atoms with Gasteiger partial charge in [-0.3, -0.25) is 9.59 Å². The lowest BCUT2D eigenvalue weighted by Crippen LogP contribution is -2.43. The number of nitrogens with zero attached hydrogens (tertiary/aromatic N) is 1. The minimum Gasteiger partial charge on any atom is -0.438 e. The highest BCUT2D eigenvalue weighted by Gasteiger charge is 2.31. The van der Waals surface area contributed by atoms with Gasteiger partial charge >= 0.3 is 5.97 Å². The molecule has 3 aromatic rings. The third-order valence-corrected chi connectivity index (χ3v) is 6.30. The second-order valence-electron chi connectivity index (χ2n) is 9.04. The second-order valence-corrected chi connectivity index (χ2v) is 9.04. The van der Waals surface area contributed by atoms with Crippen molar-refractivity contribution in [1.29, 1.82) is 0 Å². The van der Waals surface area contributed by atoms with Crippen molar-refractivity contribution in [1.82, 2.24) is 10.3 Å². The smallest absolute Gasteiger partial charge is 0.310 e. The van der Waals surface area contributed by atoms with Gasteiger partial charge in [0, 0.05) is 18.2 Å². The number of carbonyl (C=O) groups is 2. The first-order chi connectivity index (χ1) is 17.4. The molecule has 0 bridgehead atoms. The summed E-state index contributed by atoms with van der Waals surface area (Å²) >= 11 is 0. The Balaban J connectivity index is 1.40. The molecule has 3 atom stereocenters. The first-order valence-corrected chi connectivity index (χ1v) is 12.3. The van der Waals surface area contributed by atoms with Crippen molar-refractivity contribution in [2.24, 2.45) is 0 Å². The SMILES string of the molecule is CC[C@H](F)CC(=O)OCO[C@H](C(=O)Cc1ccc2nc(Nc3ccccc3C)oc2c1)[C@@H]1CCCN1. The van der Waals surface area contributed by atoms with Crippen LogP contribution in [0.2, 0.25) is 0 Å². The predicted molar refractivity (Wildman–Crippen MR) is 134 cm³/mol. The standard InChI is InChI=1S/C27H32FN3O5/c1-3-19(28)15-25(33)34-16-35-26(22-9-6-12-29-22)23(32)13-18-10-11-21-24(14-18)36-27(31-21)30-20-8-5-4-7-17(20)2/h4-5,7-8,10-11,14,19,22,26,29H,3,6,9,12-13,15-16H2,1-2H3,(H,30,31)/t19-,22-,26-/m0/s1. The van der Waals surface area contributed by atoms with Crippen LogP contribution < -0.4 is 10.6 Å². The van der Waals surface area contributed by atoms with Gasteiger partial charge in [-0.25, -0.2) is 4.39 Å². The van der Waals surface area contributed by atoms with Crippen molar-refractivity contribution in [3.63, 3.8) is 0 Å². The van der Waals surface area contributed by atoms with Gasteiger partial charge in [0.15, 0.2) is 18.2 Å². The summed E-state index contributed by atoms with van der Waals surface area (Å²) in [7, 11) is 0.